The molecule has 0 saturated heterocycles. The van der Waals surface area contributed by atoms with E-state index in [0.717, 1.165) is 5.69 Å². The number of methoxy groups -OCH3 is 2. The molecule has 0 bridgehead atoms. The number of aromatic nitrogens is 1. The SMILES string of the molecule is COC(C)(OC)c1ccccn1. The third kappa shape index (κ3) is 1.62. The van der Waals surface area contributed by atoms with Crippen LogP contribution in [0.15, 0.2) is 24.4 Å². The third-order valence-corrected chi connectivity index (χ3v) is 1.91. The van der Waals surface area contributed by atoms with Crippen LogP contribution in [-0.2, 0) is 15.3 Å². The maximum absolute atomic E-state index is 5.19. The van der Waals surface area contributed by atoms with E-state index < -0.39 is 5.79 Å². The van der Waals surface area contributed by atoms with E-state index in [2.05, 4.69) is 4.98 Å². The Balaban J connectivity index is 2.95. The second kappa shape index (κ2) is 3.65. The summed E-state index contributed by atoms with van der Waals surface area (Å²) >= 11 is 0. The molecule has 0 aliphatic heterocycles. The summed E-state index contributed by atoms with van der Waals surface area (Å²) in [6, 6.07) is 5.63. The molecule has 12 heavy (non-hydrogen) atoms. The van der Waals surface area contributed by atoms with Gasteiger partial charge in [0.25, 0.3) is 0 Å². The molecule has 3 nitrogen and oxygen atoms in total. The van der Waals surface area contributed by atoms with Crippen LogP contribution in [-0.4, -0.2) is 19.2 Å². The molecule has 0 radical (unpaired) electrons. The Morgan fingerprint density at radius 1 is 1.25 bits per heavy atom. The van der Waals surface area contributed by atoms with E-state index in [4.69, 9.17) is 9.47 Å². The Hall–Kier alpha value is -0.930. The highest BCUT2D eigenvalue weighted by atomic mass is 16.7. The quantitative estimate of drug-likeness (QED) is 0.640. The highest BCUT2D eigenvalue weighted by Gasteiger charge is 2.26. The molecule has 3 heteroatoms. The molecule has 0 N–H and O–H groups in total. The van der Waals surface area contributed by atoms with Crippen molar-refractivity contribution in [3.63, 3.8) is 0 Å². The summed E-state index contributed by atoms with van der Waals surface area (Å²) in [5.41, 5.74) is 0.773. The van der Waals surface area contributed by atoms with Crippen molar-refractivity contribution in [2.24, 2.45) is 0 Å². The number of pyridine rings is 1. The normalized spacial score (nSPS) is 11.6. The van der Waals surface area contributed by atoms with Crippen molar-refractivity contribution in [3.8, 4) is 0 Å². The molecule has 0 saturated carbocycles. The number of nitrogens with zero attached hydrogens (tertiary/aromatic N) is 1. The van der Waals surface area contributed by atoms with Crippen LogP contribution in [0.1, 0.15) is 12.6 Å². The molecule has 66 valence electrons. The molecule has 0 amide bonds. The van der Waals surface area contributed by atoms with Crippen LogP contribution in [0.25, 0.3) is 0 Å². The molecule has 1 heterocycles. The van der Waals surface area contributed by atoms with E-state index in [-0.39, 0.29) is 0 Å². The van der Waals surface area contributed by atoms with E-state index in [9.17, 15) is 0 Å². The summed E-state index contributed by atoms with van der Waals surface area (Å²) in [4.78, 5) is 4.14. The topological polar surface area (TPSA) is 31.4 Å². The van der Waals surface area contributed by atoms with E-state index in [1.54, 1.807) is 20.4 Å². The zero-order chi connectivity index (χ0) is 9.03. The Morgan fingerprint density at radius 3 is 2.33 bits per heavy atom. The molecule has 0 aliphatic carbocycles. The van der Waals surface area contributed by atoms with Gasteiger partial charge in [0.1, 0.15) is 0 Å². The van der Waals surface area contributed by atoms with E-state index >= 15 is 0 Å². The number of hydrogen-bond donors (Lipinski definition) is 0. The van der Waals surface area contributed by atoms with Gasteiger partial charge in [-0.3, -0.25) is 4.98 Å². The molecule has 1 rings (SSSR count). The maximum Gasteiger partial charge on any atom is 0.208 e. The van der Waals surface area contributed by atoms with Crippen molar-refractivity contribution >= 4 is 0 Å². The van der Waals surface area contributed by atoms with Gasteiger partial charge < -0.3 is 9.47 Å². The van der Waals surface area contributed by atoms with Crippen molar-refractivity contribution < 1.29 is 9.47 Å². The summed E-state index contributed by atoms with van der Waals surface area (Å²) < 4.78 is 10.4. The predicted molar refractivity (Wildman–Crippen MR) is 45.6 cm³/mol. The van der Waals surface area contributed by atoms with Crippen LogP contribution in [0.4, 0.5) is 0 Å². The third-order valence-electron chi connectivity index (χ3n) is 1.91. The van der Waals surface area contributed by atoms with Crippen molar-refractivity contribution in [1.82, 2.24) is 4.98 Å². The highest BCUT2D eigenvalue weighted by molar-refractivity contribution is 5.09. The fraction of sp³-hybridized carbons (Fsp3) is 0.444. The Labute approximate surface area is 72.3 Å². The molecule has 0 unspecified atom stereocenters. The van der Waals surface area contributed by atoms with Crippen molar-refractivity contribution in [2.75, 3.05) is 14.2 Å². The van der Waals surface area contributed by atoms with Crippen LogP contribution in [0.5, 0.6) is 0 Å². The van der Waals surface area contributed by atoms with Crippen LogP contribution in [0.2, 0.25) is 0 Å². The lowest BCUT2D eigenvalue weighted by atomic mass is 10.2. The minimum Gasteiger partial charge on any atom is -0.348 e. The van der Waals surface area contributed by atoms with Gasteiger partial charge in [-0.2, -0.15) is 0 Å². The van der Waals surface area contributed by atoms with Crippen molar-refractivity contribution in [2.45, 2.75) is 12.7 Å². The summed E-state index contributed by atoms with van der Waals surface area (Å²) in [7, 11) is 3.19. The Kier molecular flexibility index (Phi) is 2.78. The standard InChI is InChI=1S/C9H13NO2/c1-9(11-2,12-3)8-6-4-5-7-10-8/h4-7H,1-3H3. The number of hydrogen-bond acceptors (Lipinski definition) is 3. The first-order valence-electron chi connectivity index (χ1n) is 3.75. The zero-order valence-electron chi connectivity index (χ0n) is 7.57. The lowest BCUT2D eigenvalue weighted by Gasteiger charge is -2.25. The summed E-state index contributed by atoms with van der Waals surface area (Å²) in [6.07, 6.45) is 1.71. The second-order valence-electron chi connectivity index (χ2n) is 2.57. The molecule has 1 aromatic heterocycles. The molecule has 0 aliphatic rings. The van der Waals surface area contributed by atoms with E-state index in [1.807, 2.05) is 25.1 Å². The Morgan fingerprint density at radius 2 is 1.92 bits per heavy atom. The van der Waals surface area contributed by atoms with Crippen molar-refractivity contribution in [3.05, 3.63) is 30.1 Å². The minimum atomic E-state index is -0.735. The lowest BCUT2D eigenvalue weighted by Crippen LogP contribution is -2.27. The van der Waals surface area contributed by atoms with Crippen LogP contribution >= 0.6 is 0 Å². The Bertz CT molecular complexity index is 232. The van der Waals surface area contributed by atoms with Gasteiger partial charge in [-0.05, 0) is 19.1 Å². The second-order valence-corrected chi connectivity index (χ2v) is 2.57. The average molecular weight is 167 g/mol. The number of rotatable bonds is 3. The van der Waals surface area contributed by atoms with E-state index in [1.165, 1.54) is 0 Å². The molecule has 0 spiro atoms. The van der Waals surface area contributed by atoms with Gasteiger partial charge in [-0.1, -0.05) is 6.07 Å². The predicted octanol–water partition coefficient (Wildman–Crippen LogP) is 1.55. The largest absolute Gasteiger partial charge is 0.348 e. The fourth-order valence-corrected chi connectivity index (χ4v) is 0.924. The van der Waals surface area contributed by atoms with Gasteiger partial charge >= 0.3 is 0 Å². The van der Waals surface area contributed by atoms with Gasteiger partial charge in [-0.15, -0.1) is 0 Å². The average Bonchev–Trinajstić information content (AvgIpc) is 2.18. The van der Waals surface area contributed by atoms with E-state index in [0.29, 0.717) is 0 Å². The van der Waals surface area contributed by atoms with Gasteiger partial charge in [0, 0.05) is 20.4 Å². The summed E-state index contributed by atoms with van der Waals surface area (Å²) in [5, 5.41) is 0. The molecule has 0 aromatic carbocycles. The fourth-order valence-electron chi connectivity index (χ4n) is 0.924. The first kappa shape index (κ1) is 9.16. The maximum atomic E-state index is 5.19. The van der Waals surface area contributed by atoms with Crippen LogP contribution in [0, 0.1) is 0 Å². The zero-order valence-corrected chi connectivity index (χ0v) is 7.57. The first-order chi connectivity index (χ1) is 5.73. The monoisotopic (exact) mass is 167 g/mol. The van der Waals surface area contributed by atoms with Gasteiger partial charge in [0.15, 0.2) is 0 Å². The highest BCUT2D eigenvalue weighted by Crippen LogP contribution is 2.22. The van der Waals surface area contributed by atoms with Gasteiger partial charge in [-0.25, -0.2) is 0 Å². The molecule has 0 atom stereocenters. The van der Waals surface area contributed by atoms with Gasteiger partial charge in [0.2, 0.25) is 5.79 Å². The molecular weight excluding hydrogens is 154 g/mol. The summed E-state index contributed by atoms with van der Waals surface area (Å²) in [6.45, 7) is 1.83. The smallest absolute Gasteiger partial charge is 0.208 e. The molecule has 0 fully saturated rings. The minimum absolute atomic E-state index is 0.735. The number of ether oxygens (including phenoxy) is 2. The molecule has 1 aromatic rings. The van der Waals surface area contributed by atoms with Crippen LogP contribution in [0.3, 0.4) is 0 Å². The first-order valence-corrected chi connectivity index (χ1v) is 3.75. The van der Waals surface area contributed by atoms with Crippen molar-refractivity contribution in [1.29, 1.82) is 0 Å². The van der Waals surface area contributed by atoms with Gasteiger partial charge in [0.05, 0.1) is 5.69 Å². The summed E-state index contributed by atoms with van der Waals surface area (Å²) in [5.74, 6) is -0.735. The van der Waals surface area contributed by atoms with Crippen LogP contribution < -0.4 is 0 Å². The molecular formula is C9H13NO2. The lowest BCUT2D eigenvalue weighted by molar-refractivity contribution is -0.204.